The van der Waals surface area contributed by atoms with E-state index in [9.17, 15) is 4.79 Å². The van der Waals surface area contributed by atoms with E-state index in [0.717, 1.165) is 53.5 Å². The van der Waals surface area contributed by atoms with Crippen LogP contribution in [0.1, 0.15) is 23.5 Å². The van der Waals surface area contributed by atoms with Crippen LogP contribution in [0.15, 0.2) is 24.0 Å². The minimum absolute atomic E-state index is 0.0440. The number of fused-ring (bicyclic) bond motifs is 1. The predicted molar refractivity (Wildman–Crippen MR) is 102 cm³/mol. The number of nitrogens with one attached hydrogen (secondary N) is 2. The highest BCUT2D eigenvalue weighted by atomic mass is 32.1. The molecule has 0 spiro atoms. The first-order valence-corrected chi connectivity index (χ1v) is 9.78. The van der Waals surface area contributed by atoms with Crippen molar-refractivity contribution in [1.29, 1.82) is 0 Å². The minimum atomic E-state index is 0.0440. The van der Waals surface area contributed by atoms with E-state index in [0.29, 0.717) is 18.9 Å². The molecule has 1 saturated heterocycles. The van der Waals surface area contributed by atoms with Gasteiger partial charge in [0.05, 0.1) is 22.5 Å². The van der Waals surface area contributed by atoms with Gasteiger partial charge in [0.1, 0.15) is 17.8 Å². The average Bonchev–Trinajstić information content (AvgIpc) is 3.28. The van der Waals surface area contributed by atoms with Crippen molar-refractivity contribution < 1.29 is 4.79 Å². The van der Waals surface area contributed by atoms with E-state index in [1.165, 1.54) is 0 Å². The molecule has 1 aliphatic rings. The summed E-state index contributed by atoms with van der Waals surface area (Å²) in [5.74, 6) is 1.45. The third-order valence-corrected chi connectivity index (χ3v) is 5.57. The van der Waals surface area contributed by atoms with Crippen molar-refractivity contribution in [3.63, 3.8) is 0 Å². The number of H-pyrrole nitrogens is 1. The molecular formula is C18H22N6OS. The molecule has 1 fully saturated rings. The molecule has 0 bridgehead atoms. The van der Waals surface area contributed by atoms with Gasteiger partial charge in [-0.15, -0.1) is 11.3 Å². The zero-order valence-corrected chi connectivity index (χ0v) is 15.6. The first kappa shape index (κ1) is 17.0. The summed E-state index contributed by atoms with van der Waals surface area (Å²) in [4.78, 5) is 30.7. The molecule has 136 valence electrons. The van der Waals surface area contributed by atoms with Gasteiger partial charge in [0.25, 0.3) is 0 Å². The lowest BCUT2D eigenvalue weighted by Gasteiger charge is -2.33. The molecule has 3 aromatic heterocycles. The molecule has 7 nitrogen and oxygen atoms in total. The molecule has 0 aliphatic carbocycles. The molecule has 1 unspecified atom stereocenters. The lowest BCUT2D eigenvalue weighted by Crippen LogP contribution is -2.41. The Hall–Kier alpha value is -2.48. The number of piperidine rings is 1. The molecular weight excluding hydrogens is 348 g/mol. The summed E-state index contributed by atoms with van der Waals surface area (Å²) >= 11 is 1.58. The summed E-state index contributed by atoms with van der Waals surface area (Å²) in [5, 5.41) is 7.08. The van der Waals surface area contributed by atoms with E-state index in [2.05, 4.69) is 30.2 Å². The number of hydrogen-bond acceptors (Lipinski definition) is 6. The van der Waals surface area contributed by atoms with E-state index in [1.807, 2.05) is 24.6 Å². The van der Waals surface area contributed by atoms with Crippen molar-refractivity contribution in [2.24, 2.45) is 5.92 Å². The molecule has 0 aromatic carbocycles. The van der Waals surface area contributed by atoms with E-state index in [-0.39, 0.29) is 5.91 Å². The summed E-state index contributed by atoms with van der Waals surface area (Å²) in [7, 11) is 0. The van der Waals surface area contributed by atoms with Gasteiger partial charge in [-0.3, -0.25) is 4.79 Å². The van der Waals surface area contributed by atoms with Crippen LogP contribution in [-0.4, -0.2) is 45.5 Å². The first-order valence-electron chi connectivity index (χ1n) is 8.90. The lowest BCUT2D eigenvalue weighted by atomic mass is 9.97. The second-order valence-corrected chi connectivity index (χ2v) is 7.79. The van der Waals surface area contributed by atoms with Gasteiger partial charge in [-0.1, -0.05) is 0 Å². The third-order valence-electron chi connectivity index (χ3n) is 4.75. The zero-order chi connectivity index (χ0) is 17.9. The highest BCUT2D eigenvalue weighted by molar-refractivity contribution is 7.09. The third kappa shape index (κ3) is 3.70. The molecule has 4 rings (SSSR count). The Morgan fingerprint density at radius 1 is 1.46 bits per heavy atom. The number of aromatic nitrogens is 4. The number of nitrogens with zero attached hydrogens (tertiary/aromatic N) is 4. The Labute approximate surface area is 155 Å². The maximum absolute atomic E-state index is 12.2. The maximum atomic E-state index is 12.2. The van der Waals surface area contributed by atoms with E-state index >= 15 is 0 Å². The van der Waals surface area contributed by atoms with Gasteiger partial charge in [0, 0.05) is 31.2 Å². The Morgan fingerprint density at radius 3 is 3.23 bits per heavy atom. The van der Waals surface area contributed by atoms with Crippen LogP contribution in [0.5, 0.6) is 0 Å². The van der Waals surface area contributed by atoms with Crippen LogP contribution in [0.3, 0.4) is 0 Å². The number of aromatic amines is 1. The molecule has 3 aromatic rings. The molecule has 1 amide bonds. The van der Waals surface area contributed by atoms with Crippen molar-refractivity contribution in [2.45, 2.75) is 26.2 Å². The van der Waals surface area contributed by atoms with Gasteiger partial charge in [0.2, 0.25) is 5.91 Å². The first-order chi connectivity index (χ1) is 12.7. The van der Waals surface area contributed by atoms with Crippen molar-refractivity contribution in [2.75, 3.05) is 24.5 Å². The fourth-order valence-corrected chi connectivity index (χ4v) is 4.12. The normalized spacial score (nSPS) is 17.6. The summed E-state index contributed by atoms with van der Waals surface area (Å²) < 4.78 is 0. The predicted octanol–water partition coefficient (Wildman–Crippen LogP) is 2.30. The number of rotatable bonds is 5. The standard InChI is InChI=1S/C18H22N6OS/c1-12-23-14(10-26-12)7-16(25)20-8-13-3-2-6-24(9-13)18-15-4-5-19-17(15)21-11-22-18/h4-5,10-11,13H,2-3,6-9H2,1H3,(H,20,25)(H,19,21,22). The topological polar surface area (TPSA) is 86.8 Å². The largest absolute Gasteiger partial charge is 0.356 e. The van der Waals surface area contributed by atoms with Crippen LogP contribution >= 0.6 is 11.3 Å². The Kier molecular flexibility index (Phi) is 4.83. The Bertz CT molecular complexity index is 904. The molecule has 0 saturated carbocycles. The van der Waals surface area contributed by atoms with Gasteiger partial charge < -0.3 is 15.2 Å². The van der Waals surface area contributed by atoms with E-state index in [4.69, 9.17) is 0 Å². The second kappa shape index (κ2) is 7.41. The van der Waals surface area contributed by atoms with E-state index < -0.39 is 0 Å². The maximum Gasteiger partial charge on any atom is 0.226 e. The van der Waals surface area contributed by atoms with Crippen LogP contribution in [0.4, 0.5) is 5.82 Å². The molecule has 1 atom stereocenters. The molecule has 26 heavy (non-hydrogen) atoms. The fraction of sp³-hybridized carbons (Fsp3) is 0.444. The van der Waals surface area contributed by atoms with Crippen molar-refractivity contribution in [3.8, 4) is 0 Å². The zero-order valence-electron chi connectivity index (χ0n) is 14.7. The Morgan fingerprint density at radius 2 is 2.38 bits per heavy atom. The number of aryl methyl sites for hydroxylation is 1. The van der Waals surface area contributed by atoms with Gasteiger partial charge in [-0.05, 0) is 31.7 Å². The molecule has 2 N–H and O–H groups in total. The number of hydrogen-bond donors (Lipinski definition) is 2. The van der Waals surface area contributed by atoms with Crippen molar-refractivity contribution in [3.05, 3.63) is 34.7 Å². The molecule has 0 radical (unpaired) electrons. The van der Waals surface area contributed by atoms with Gasteiger partial charge in [-0.2, -0.15) is 0 Å². The highest BCUT2D eigenvalue weighted by Crippen LogP contribution is 2.26. The Balaban J connectivity index is 1.35. The minimum Gasteiger partial charge on any atom is -0.356 e. The monoisotopic (exact) mass is 370 g/mol. The average molecular weight is 370 g/mol. The highest BCUT2D eigenvalue weighted by Gasteiger charge is 2.23. The molecule has 8 heteroatoms. The van der Waals surface area contributed by atoms with Gasteiger partial charge in [-0.25, -0.2) is 15.0 Å². The molecule has 1 aliphatic heterocycles. The van der Waals surface area contributed by atoms with Crippen LogP contribution in [0.25, 0.3) is 11.0 Å². The summed E-state index contributed by atoms with van der Waals surface area (Å²) in [5.41, 5.74) is 1.72. The van der Waals surface area contributed by atoms with Crippen LogP contribution in [0.2, 0.25) is 0 Å². The number of carbonyl (C=O) groups is 1. The smallest absolute Gasteiger partial charge is 0.226 e. The SMILES string of the molecule is Cc1nc(CC(=O)NCC2CCCN(c3ncnc4[nH]ccc34)C2)cs1. The summed E-state index contributed by atoms with van der Waals surface area (Å²) in [6, 6.07) is 2.02. The quantitative estimate of drug-likeness (QED) is 0.720. The number of anilines is 1. The second-order valence-electron chi connectivity index (χ2n) is 6.73. The number of amides is 1. The van der Waals surface area contributed by atoms with Gasteiger partial charge >= 0.3 is 0 Å². The van der Waals surface area contributed by atoms with Crippen LogP contribution in [-0.2, 0) is 11.2 Å². The fourth-order valence-electron chi connectivity index (χ4n) is 3.51. The summed E-state index contributed by atoms with van der Waals surface area (Å²) in [6.45, 7) is 4.53. The van der Waals surface area contributed by atoms with Crippen molar-refractivity contribution in [1.82, 2.24) is 25.3 Å². The lowest BCUT2D eigenvalue weighted by molar-refractivity contribution is -0.120. The van der Waals surface area contributed by atoms with Gasteiger partial charge in [0.15, 0.2) is 0 Å². The van der Waals surface area contributed by atoms with Crippen LogP contribution < -0.4 is 10.2 Å². The molecule has 4 heterocycles. The summed E-state index contributed by atoms with van der Waals surface area (Å²) in [6.07, 6.45) is 6.08. The van der Waals surface area contributed by atoms with Crippen LogP contribution in [0, 0.1) is 12.8 Å². The van der Waals surface area contributed by atoms with E-state index in [1.54, 1.807) is 17.7 Å². The van der Waals surface area contributed by atoms with Crippen molar-refractivity contribution >= 4 is 34.1 Å². The number of thiazole rings is 1. The number of carbonyl (C=O) groups excluding carboxylic acids is 1.